The van der Waals surface area contributed by atoms with Crippen LogP contribution in [0, 0.1) is 0 Å². The Balaban J connectivity index is 1.20. The highest BCUT2D eigenvalue weighted by atomic mass is 16.5. The van der Waals surface area contributed by atoms with Crippen molar-refractivity contribution in [1.82, 2.24) is 19.1 Å². The molecule has 0 aliphatic carbocycles. The van der Waals surface area contributed by atoms with Crippen LogP contribution >= 0.6 is 0 Å². The lowest BCUT2D eigenvalue weighted by Crippen LogP contribution is -2.12. The fourth-order valence-corrected chi connectivity index (χ4v) is 8.82. The topological polar surface area (TPSA) is 57.3 Å². The first-order chi connectivity index (χ1) is 30.1. The number of rotatable bonds is 9. The molecule has 0 saturated carbocycles. The van der Waals surface area contributed by atoms with Gasteiger partial charge in [0, 0.05) is 57.7 Å². The van der Waals surface area contributed by atoms with E-state index < -0.39 is 0 Å². The summed E-state index contributed by atoms with van der Waals surface area (Å²) in [5.41, 5.74) is 14.0. The number of hydrogen-bond donors (Lipinski definition) is 0. The van der Waals surface area contributed by atoms with E-state index in [2.05, 4.69) is 164 Å². The highest BCUT2D eigenvalue weighted by Gasteiger charge is 2.21. The van der Waals surface area contributed by atoms with Crippen molar-refractivity contribution in [3.63, 3.8) is 0 Å². The first-order valence-corrected chi connectivity index (χ1v) is 20.3. The van der Waals surface area contributed by atoms with Crippen LogP contribution in [-0.2, 0) is 0 Å². The Hall–Kier alpha value is -8.16. The number of anilines is 3. The molecule has 0 aliphatic heterocycles. The average molecular weight is 790 g/mol. The minimum atomic E-state index is 0.821. The third-order valence-corrected chi connectivity index (χ3v) is 11.7. The quantitative estimate of drug-likeness (QED) is 0.146. The molecule has 7 nitrogen and oxygen atoms in total. The Bertz CT molecular complexity index is 3150. The molecule has 0 amide bonds. The fraction of sp³-hybridized carbons (Fsp3) is 0.0370. The second-order valence-corrected chi connectivity index (χ2v) is 15.1. The molecule has 11 rings (SSSR count). The van der Waals surface area contributed by atoms with Crippen molar-refractivity contribution in [2.24, 2.45) is 0 Å². The zero-order valence-electron chi connectivity index (χ0n) is 33.6. The van der Waals surface area contributed by atoms with Crippen molar-refractivity contribution in [3.8, 4) is 45.1 Å². The molecular formula is C54H39N5O2. The molecule has 4 aromatic heterocycles. The summed E-state index contributed by atoms with van der Waals surface area (Å²) in [6.45, 7) is 0. The molecule has 7 heteroatoms. The van der Waals surface area contributed by atoms with Crippen LogP contribution in [0.25, 0.3) is 77.2 Å². The van der Waals surface area contributed by atoms with Crippen molar-refractivity contribution >= 4 is 60.7 Å². The summed E-state index contributed by atoms with van der Waals surface area (Å²) >= 11 is 0. The number of para-hydroxylation sites is 2. The molecule has 0 atom stereocenters. The largest absolute Gasteiger partial charge is 0.497 e. The molecular weight excluding hydrogens is 751 g/mol. The Labute approximate surface area is 352 Å². The van der Waals surface area contributed by atoms with E-state index in [9.17, 15) is 0 Å². The number of methoxy groups -OCH3 is 2. The Morgan fingerprint density at radius 1 is 0.361 bits per heavy atom. The average Bonchev–Trinajstić information content (AvgIpc) is 3.85. The van der Waals surface area contributed by atoms with Crippen molar-refractivity contribution < 1.29 is 9.47 Å². The molecule has 0 saturated heterocycles. The maximum Gasteiger partial charge on any atom is 0.119 e. The summed E-state index contributed by atoms with van der Waals surface area (Å²) in [5, 5.41) is 4.56. The Morgan fingerprint density at radius 3 is 1.18 bits per heavy atom. The predicted octanol–water partition coefficient (Wildman–Crippen LogP) is 13.5. The number of nitrogens with zero attached hydrogens (tertiary/aromatic N) is 5. The van der Waals surface area contributed by atoms with Crippen LogP contribution in [0.15, 0.2) is 201 Å². The van der Waals surface area contributed by atoms with Gasteiger partial charge in [-0.25, -0.2) is 0 Å². The van der Waals surface area contributed by atoms with E-state index in [0.29, 0.717) is 0 Å². The van der Waals surface area contributed by atoms with Crippen LogP contribution in [0.2, 0.25) is 0 Å². The number of pyridine rings is 2. The maximum atomic E-state index is 5.74. The molecule has 0 radical (unpaired) electrons. The lowest BCUT2D eigenvalue weighted by molar-refractivity contribution is 0.415. The fourth-order valence-electron chi connectivity index (χ4n) is 8.82. The standard InChI is InChI=1S/C54H39N5O2/c1-60-45-19-21-53-49(34-45)47-7-3-5-9-51(47)58(53)43-31-42(32-44(33-43)59-52-10-6-4-8-48(52)50-35-46(61-2)20-22-54(50)59)57(40-15-11-36(12-16-40)38-23-27-55-28-24-38)41-17-13-37(14-18-41)39-25-29-56-30-26-39/h3-35H,1-2H3. The third-order valence-electron chi connectivity index (χ3n) is 11.7. The summed E-state index contributed by atoms with van der Waals surface area (Å²) < 4.78 is 16.2. The monoisotopic (exact) mass is 789 g/mol. The zero-order chi connectivity index (χ0) is 40.9. The molecule has 0 spiro atoms. The number of aromatic nitrogens is 4. The minimum Gasteiger partial charge on any atom is -0.497 e. The first kappa shape index (κ1) is 36.0. The summed E-state index contributed by atoms with van der Waals surface area (Å²) in [6.07, 6.45) is 7.34. The SMILES string of the molecule is COc1ccc2c(c1)c1ccccc1n2-c1cc(N(c2ccc(-c3ccncc3)cc2)c2ccc(-c3ccncc3)cc2)cc(-n2c3ccccc3c3cc(OC)ccc32)c1. The van der Waals surface area contributed by atoms with Crippen molar-refractivity contribution in [2.45, 2.75) is 0 Å². The molecule has 11 aromatic rings. The van der Waals surface area contributed by atoms with Crippen LogP contribution in [0.3, 0.4) is 0 Å². The molecule has 4 heterocycles. The molecule has 61 heavy (non-hydrogen) atoms. The summed E-state index contributed by atoms with van der Waals surface area (Å²) in [7, 11) is 3.44. The van der Waals surface area contributed by atoms with Gasteiger partial charge in [-0.15, -0.1) is 0 Å². The van der Waals surface area contributed by atoms with Gasteiger partial charge in [-0.05, 0) is 138 Å². The first-order valence-electron chi connectivity index (χ1n) is 20.3. The van der Waals surface area contributed by atoms with Crippen molar-refractivity contribution in [2.75, 3.05) is 19.1 Å². The smallest absolute Gasteiger partial charge is 0.119 e. The van der Waals surface area contributed by atoms with Crippen LogP contribution in [-0.4, -0.2) is 33.3 Å². The Morgan fingerprint density at radius 2 is 0.754 bits per heavy atom. The van der Waals surface area contributed by atoms with Gasteiger partial charge >= 0.3 is 0 Å². The van der Waals surface area contributed by atoms with Gasteiger partial charge in [0.15, 0.2) is 0 Å². The summed E-state index contributed by atoms with van der Waals surface area (Å²) in [5.74, 6) is 1.64. The van der Waals surface area contributed by atoms with Crippen LogP contribution in [0.4, 0.5) is 17.1 Å². The van der Waals surface area contributed by atoms with Gasteiger partial charge in [0.25, 0.3) is 0 Å². The molecule has 0 fully saturated rings. The van der Waals surface area contributed by atoms with Crippen molar-refractivity contribution in [1.29, 1.82) is 0 Å². The van der Waals surface area contributed by atoms with Crippen LogP contribution in [0.5, 0.6) is 11.5 Å². The number of fused-ring (bicyclic) bond motifs is 6. The van der Waals surface area contributed by atoms with Gasteiger partial charge in [0.05, 0.1) is 53.3 Å². The van der Waals surface area contributed by atoms with Gasteiger partial charge in [-0.3, -0.25) is 9.97 Å². The predicted molar refractivity (Wildman–Crippen MR) is 249 cm³/mol. The van der Waals surface area contributed by atoms with Crippen LogP contribution in [0.1, 0.15) is 0 Å². The van der Waals surface area contributed by atoms with Crippen molar-refractivity contribution in [3.05, 3.63) is 201 Å². The number of ether oxygens (including phenoxy) is 2. The minimum absolute atomic E-state index is 0.821. The highest BCUT2D eigenvalue weighted by molar-refractivity contribution is 6.11. The molecule has 0 unspecified atom stereocenters. The summed E-state index contributed by atoms with van der Waals surface area (Å²) in [6, 6.07) is 62.6. The second-order valence-electron chi connectivity index (χ2n) is 15.1. The molecule has 292 valence electrons. The normalized spacial score (nSPS) is 11.4. The molecule has 7 aromatic carbocycles. The lowest BCUT2D eigenvalue weighted by atomic mass is 10.0. The number of hydrogen-bond acceptors (Lipinski definition) is 5. The van der Waals surface area contributed by atoms with E-state index in [1.54, 1.807) is 14.2 Å². The number of benzene rings is 7. The van der Waals surface area contributed by atoms with Gasteiger partial charge in [-0.2, -0.15) is 0 Å². The van der Waals surface area contributed by atoms with Gasteiger partial charge in [0.1, 0.15) is 11.5 Å². The molecule has 0 aliphatic rings. The lowest BCUT2D eigenvalue weighted by Gasteiger charge is -2.28. The van der Waals surface area contributed by atoms with E-state index in [-0.39, 0.29) is 0 Å². The van der Waals surface area contributed by atoms with Crippen LogP contribution < -0.4 is 14.4 Å². The third kappa shape index (κ3) is 6.22. The Kier molecular flexibility index (Phi) is 8.78. The molecule has 0 N–H and O–H groups in total. The summed E-state index contributed by atoms with van der Waals surface area (Å²) in [4.78, 5) is 10.9. The maximum absolute atomic E-state index is 5.74. The van der Waals surface area contributed by atoms with E-state index in [1.807, 2.05) is 61.2 Å². The van der Waals surface area contributed by atoms with E-state index in [0.717, 1.165) is 106 Å². The van der Waals surface area contributed by atoms with Gasteiger partial charge < -0.3 is 23.5 Å². The van der Waals surface area contributed by atoms with E-state index in [1.165, 1.54) is 0 Å². The van der Waals surface area contributed by atoms with E-state index in [4.69, 9.17) is 9.47 Å². The zero-order valence-corrected chi connectivity index (χ0v) is 33.6. The van der Waals surface area contributed by atoms with Gasteiger partial charge in [0.2, 0.25) is 0 Å². The highest BCUT2D eigenvalue weighted by Crippen LogP contribution is 2.43. The van der Waals surface area contributed by atoms with E-state index >= 15 is 0 Å². The second kappa shape index (κ2) is 14.9. The molecule has 0 bridgehead atoms. The van der Waals surface area contributed by atoms with Gasteiger partial charge in [-0.1, -0.05) is 60.7 Å².